The van der Waals surface area contributed by atoms with Gasteiger partial charge in [0.15, 0.2) is 5.78 Å². The lowest BCUT2D eigenvalue weighted by molar-refractivity contribution is -0.112. The molecule has 1 N–H and O–H groups in total. The highest BCUT2D eigenvalue weighted by Gasteiger charge is 2.04. The molecule has 1 rings (SSSR count). The molecule has 0 bridgehead atoms. The number of ketones is 1. The van der Waals surface area contributed by atoms with Gasteiger partial charge < -0.3 is 5.32 Å². The van der Waals surface area contributed by atoms with Gasteiger partial charge in [0.05, 0.1) is 15.7 Å². The van der Waals surface area contributed by atoms with Crippen molar-refractivity contribution in [1.29, 1.82) is 0 Å². The van der Waals surface area contributed by atoms with Crippen LogP contribution in [0.2, 0.25) is 10.0 Å². The molecule has 0 aliphatic rings. The molecule has 1 aromatic rings. The number of hydrogen-bond acceptors (Lipinski definition) is 2. The number of halogens is 2. The van der Waals surface area contributed by atoms with E-state index in [9.17, 15) is 4.79 Å². The highest BCUT2D eigenvalue weighted by molar-refractivity contribution is 6.39. The summed E-state index contributed by atoms with van der Waals surface area (Å²) in [7, 11) is 0. The zero-order valence-electron chi connectivity index (χ0n) is 8.47. The maximum absolute atomic E-state index is 10.8. The predicted octanol–water partition coefficient (Wildman–Crippen LogP) is 3.90. The molecule has 0 spiro atoms. The molecule has 0 fully saturated rings. The van der Waals surface area contributed by atoms with Crippen LogP contribution in [-0.2, 0) is 4.79 Å². The third kappa shape index (κ3) is 3.57. The Morgan fingerprint density at radius 2 is 1.80 bits per heavy atom. The summed E-state index contributed by atoms with van der Waals surface area (Å²) in [6.45, 7) is 3.26. The second kappa shape index (κ2) is 5.19. The number of para-hydroxylation sites is 1. The summed E-state index contributed by atoms with van der Waals surface area (Å²) >= 11 is 11.9. The number of hydrogen-bond donors (Lipinski definition) is 1. The number of rotatable bonds is 3. The van der Waals surface area contributed by atoms with Gasteiger partial charge in [-0.05, 0) is 32.1 Å². The molecular weight excluding hydrogens is 233 g/mol. The van der Waals surface area contributed by atoms with Crippen molar-refractivity contribution in [1.82, 2.24) is 0 Å². The monoisotopic (exact) mass is 243 g/mol. The van der Waals surface area contributed by atoms with E-state index in [2.05, 4.69) is 5.32 Å². The highest BCUT2D eigenvalue weighted by atomic mass is 35.5. The molecule has 0 saturated heterocycles. The molecule has 0 aromatic heterocycles. The van der Waals surface area contributed by atoms with E-state index in [1.54, 1.807) is 25.1 Å². The Labute approximate surface area is 98.9 Å². The topological polar surface area (TPSA) is 29.1 Å². The van der Waals surface area contributed by atoms with E-state index in [0.29, 0.717) is 21.4 Å². The summed E-state index contributed by atoms with van der Waals surface area (Å²) in [6.07, 6.45) is 1.49. The van der Waals surface area contributed by atoms with Gasteiger partial charge in [0.2, 0.25) is 0 Å². The lowest BCUT2D eigenvalue weighted by Gasteiger charge is -2.09. The van der Waals surface area contributed by atoms with Gasteiger partial charge in [0.1, 0.15) is 0 Å². The lowest BCUT2D eigenvalue weighted by Crippen LogP contribution is -1.99. The van der Waals surface area contributed by atoms with Gasteiger partial charge in [-0.1, -0.05) is 29.3 Å². The molecule has 4 heteroatoms. The maximum atomic E-state index is 10.8. The Hall–Kier alpha value is -0.990. The molecule has 0 aliphatic carbocycles. The van der Waals surface area contributed by atoms with Gasteiger partial charge in [-0.2, -0.15) is 0 Å². The van der Waals surface area contributed by atoms with E-state index < -0.39 is 0 Å². The highest BCUT2D eigenvalue weighted by Crippen LogP contribution is 2.30. The summed E-state index contributed by atoms with van der Waals surface area (Å²) < 4.78 is 0. The Kier molecular flexibility index (Phi) is 4.18. The molecule has 0 heterocycles. The van der Waals surface area contributed by atoms with Crippen molar-refractivity contribution in [3.63, 3.8) is 0 Å². The maximum Gasteiger partial charge on any atom is 0.154 e. The molecular formula is C11H11Cl2NO. The van der Waals surface area contributed by atoms with Crippen LogP contribution >= 0.6 is 23.2 Å². The van der Waals surface area contributed by atoms with Crippen LogP contribution in [0, 0.1) is 0 Å². The van der Waals surface area contributed by atoms with E-state index >= 15 is 0 Å². The fraction of sp³-hybridized carbons (Fsp3) is 0.182. The largest absolute Gasteiger partial charge is 0.357 e. The fourth-order valence-electron chi connectivity index (χ4n) is 1.16. The van der Waals surface area contributed by atoms with Crippen LogP contribution in [0.5, 0.6) is 0 Å². The van der Waals surface area contributed by atoms with Crippen molar-refractivity contribution >= 4 is 34.7 Å². The SMILES string of the molecule is CC(=O)C=C(C)Nc1c(Cl)cccc1Cl. The first kappa shape index (κ1) is 12.1. The average molecular weight is 244 g/mol. The van der Waals surface area contributed by atoms with Gasteiger partial charge in [0, 0.05) is 5.70 Å². The Balaban J connectivity index is 2.94. The number of anilines is 1. The summed E-state index contributed by atoms with van der Waals surface area (Å²) in [6, 6.07) is 5.23. The van der Waals surface area contributed by atoms with E-state index in [-0.39, 0.29) is 5.78 Å². The zero-order valence-corrected chi connectivity index (χ0v) is 9.99. The number of carbonyl (C=O) groups is 1. The van der Waals surface area contributed by atoms with Gasteiger partial charge in [-0.15, -0.1) is 0 Å². The Morgan fingerprint density at radius 1 is 1.27 bits per heavy atom. The Bertz CT molecular complexity index is 393. The van der Waals surface area contributed by atoms with E-state index in [0.717, 1.165) is 0 Å². The van der Waals surface area contributed by atoms with Gasteiger partial charge >= 0.3 is 0 Å². The van der Waals surface area contributed by atoms with Gasteiger partial charge in [-0.3, -0.25) is 4.79 Å². The molecule has 2 nitrogen and oxygen atoms in total. The van der Waals surface area contributed by atoms with Crippen molar-refractivity contribution < 1.29 is 4.79 Å². The molecule has 80 valence electrons. The summed E-state index contributed by atoms with van der Waals surface area (Å²) in [5.74, 6) is -0.0248. The van der Waals surface area contributed by atoms with Crippen molar-refractivity contribution in [2.75, 3.05) is 5.32 Å². The minimum Gasteiger partial charge on any atom is -0.357 e. The van der Waals surface area contributed by atoms with Crippen LogP contribution in [0.3, 0.4) is 0 Å². The minimum atomic E-state index is -0.0248. The smallest absolute Gasteiger partial charge is 0.154 e. The van der Waals surface area contributed by atoms with Crippen molar-refractivity contribution in [2.24, 2.45) is 0 Å². The predicted molar refractivity (Wildman–Crippen MR) is 64.5 cm³/mol. The number of nitrogens with one attached hydrogen (secondary N) is 1. The van der Waals surface area contributed by atoms with Gasteiger partial charge in [-0.25, -0.2) is 0 Å². The van der Waals surface area contributed by atoms with Crippen molar-refractivity contribution in [3.05, 3.63) is 40.0 Å². The number of carbonyl (C=O) groups excluding carboxylic acids is 1. The first-order valence-electron chi connectivity index (χ1n) is 4.40. The van der Waals surface area contributed by atoms with Gasteiger partial charge in [0.25, 0.3) is 0 Å². The first-order chi connectivity index (χ1) is 7.00. The van der Waals surface area contributed by atoms with E-state index in [4.69, 9.17) is 23.2 Å². The lowest BCUT2D eigenvalue weighted by atomic mass is 10.3. The quantitative estimate of drug-likeness (QED) is 0.817. The zero-order chi connectivity index (χ0) is 11.4. The van der Waals surface area contributed by atoms with E-state index in [1.807, 2.05) is 0 Å². The second-order valence-electron chi connectivity index (χ2n) is 3.16. The van der Waals surface area contributed by atoms with Crippen molar-refractivity contribution in [3.8, 4) is 0 Å². The molecule has 0 radical (unpaired) electrons. The molecule has 0 atom stereocenters. The molecule has 0 aliphatic heterocycles. The average Bonchev–Trinajstić information content (AvgIpc) is 2.10. The van der Waals surface area contributed by atoms with Crippen LogP contribution in [0.1, 0.15) is 13.8 Å². The normalized spacial score (nSPS) is 11.3. The molecule has 0 unspecified atom stereocenters. The third-order valence-corrected chi connectivity index (χ3v) is 2.33. The fourth-order valence-corrected chi connectivity index (χ4v) is 1.65. The van der Waals surface area contributed by atoms with Crippen LogP contribution in [0.15, 0.2) is 30.0 Å². The van der Waals surface area contributed by atoms with E-state index in [1.165, 1.54) is 13.0 Å². The molecule has 0 amide bonds. The summed E-state index contributed by atoms with van der Waals surface area (Å²) in [5.41, 5.74) is 1.33. The second-order valence-corrected chi connectivity index (χ2v) is 3.97. The third-order valence-electron chi connectivity index (χ3n) is 1.70. The summed E-state index contributed by atoms with van der Waals surface area (Å²) in [5, 5.41) is 4.04. The van der Waals surface area contributed by atoms with Crippen LogP contribution < -0.4 is 5.32 Å². The summed E-state index contributed by atoms with van der Waals surface area (Å²) in [4.78, 5) is 10.8. The van der Waals surface area contributed by atoms with Crippen LogP contribution in [-0.4, -0.2) is 5.78 Å². The van der Waals surface area contributed by atoms with Crippen molar-refractivity contribution in [2.45, 2.75) is 13.8 Å². The molecule has 15 heavy (non-hydrogen) atoms. The minimum absolute atomic E-state index is 0.0248. The number of allylic oxidation sites excluding steroid dienone is 2. The standard InChI is InChI=1S/C11H11Cl2NO/c1-7(6-8(2)15)14-11-9(12)4-3-5-10(11)13/h3-6,14H,1-2H3. The Morgan fingerprint density at radius 3 is 2.27 bits per heavy atom. The van der Waals surface area contributed by atoms with Crippen LogP contribution in [0.25, 0.3) is 0 Å². The first-order valence-corrected chi connectivity index (χ1v) is 5.16. The number of benzene rings is 1. The van der Waals surface area contributed by atoms with Crippen LogP contribution in [0.4, 0.5) is 5.69 Å². The molecule has 0 saturated carbocycles. The molecule has 1 aromatic carbocycles.